The van der Waals surface area contributed by atoms with Crippen LogP contribution in [0.2, 0.25) is 0 Å². The molecular formula is C17H18F3NO. The standard InChI is InChI=1S/C17H18F3NO/c1-11-4-3-5-12(2)16(11)22-15(10-21)13-6-8-14(9-7-13)17(18,19)20/h3-9,15H,10,21H2,1-2H3/t15-/m1/s1. The van der Waals surface area contributed by atoms with Gasteiger partial charge in [-0.2, -0.15) is 13.2 Å². The Morgan fingerprint density at radius 3 is 2.00 bits per heavy atom. The predicted molar refractivity (Wildman–Crippen MR) is 79.8 cm³/mol. The summed E-state index contributed by atoms with van der Waals surface area (Å²) in [5.41, 5.74) is 7.60. The van der Waals surface area contributed by atoms with Gasteiger partial charge in [0, 0.05) is 6.54 Å². The summed E-state index contributed by atoms with van der Waals surface area (Å²) >= 11 is 0. The highest BCUT2D eigenvalue weighted by molar-refractivity contribution is 5.40. The molecule has 0 aliphatic carbocycles. The van der Waals surface area contributed by atoms with E-state index in [1.807, 2.05) is 32.0 Å². The summed E-state index contributed by atoms with van der Waals surface area (Å²) in [6, 6.07) is 10.7. The fraction of sp³-hybridized carbons (Fsp3) is 0.294. The Labute approximate surface area is 127 Å². The molecule has 2 nitrogen and oxygen atoms in total. The SMILES string of the molecule is Cc1cccc(C)c1O[C@H](CN)c1ccc(C(F)(F)F)cc1. The number of hydrogen-bond acceptors (Lipinski definition) is 2. The molecular weight excluding hydrogens is 291 g/mol. The lowest BCUT2D eigenvalue weighted by atomic mass is 10.1. The number of halogens is 3. The quantitative estimate of drug-likeness (QED) is 0.908. The molecule has 0 bridgehead atoms. The van der Waals surface area contributed by atoms with Gasteiger partial charge in [-0.15, -0.1) is 0 Å². The van der Waals surface area contributed by atoms with Crippen molar-refractivity contribution < 1.29 is 17.9 Å². The third-order valence-corrected chi connectivity index (χ3v) is 3.49. The van der Waals surface area contributed by atoms with Gasteiger partial charge < -0.3 is 10.5 Å². The molecule has 0 aliphatic rings. The van der Waals surface area contributed by atoms with E-state index >= 15 is 0 Å². The molecule has 0 aromatic heterocycles. The van der Waals surface area contributed by atoms with E-state index in [9.17, 15) is 13.2 Å². The monoisotopic (exact) mass is 309 g/mol. The highest BCUT2D eigenvalue weighted by Gasteiger charge is 2.30. The van der Waals surface area contributed by atoms with Crippen LogP contribution in [0.4, 0.5) is 13.2 Å². The van der Waals surface area contributed by atoms with Crippen LogP contribution in [0.15, 0.2) is 42.5 Å². The maximum atomic E-state index is 12.6. The largest absolute Gasteiger partial charge is 0.484 e. The summed E-state index contributed by atoms with van der Waals surface area (Å²) in [4.78, 5) is 0. The average Bonchev–Trinajstić information content (AvgIpc) is 2.46. The Balaban J connectivity index is 2.25. The number of nitrogens with two attached hydrogens (primary N) is 1. The number of hydrogen-bond donors (Lipinski definition) is 1. The summed E-state index contributed by atoms with van der Waals surface area (Å²) in [5.74, 6) is 0.720. The maximum absolute atomic E-state index is 12.6. The third-order valence-electron chi connectivity index (χ3n) is 3.49. The molecule has 0 fully saturated rings. The molecule has 2 N–H and O–H groups in total. The van der Waals surface area contributed by atoms with Gasteiger partial charge in [-0.1, -0.05) is 30.3 Å². The van der Waals surface area contributed by atoms with Gasteiger partial charge in [0.15, 0.2) is 0 Å². The number of rotatable bonds is 4. The zero-order valence-electron chi connectivity index (χ0n) is 12.4. The molecule has 1 atom stereocenters. The van der Waals surface area contributed by atoms with Crippen molar-refractivity contribution in [3.63, 3.8) is 0 Å². The van der Waals surface area contributed by atoms with E-state index in [-0.39, 0.29) is 6.54 Å². The zero-order chi connectivity index (χ0) is 16.3. The van der Waals surface area contributed by atoms with Crippen LogP contribution in [0.3, 0.4) is 0 Å². The number of alkyl halides is 3. The fourth-order valence-electron chi connectivity index (χ4n) is 2.27. The predicted octanol–water partition coefficient (Wildman–Crippen LogP) is 4.40. The minimum atomic E-state index is -4.34. The van der Waals surface area contributed by atoms with Crippen LogP contribution in [0.5, 0.6) is 5.75 Å². The van der Waals surface area contributed by atoms with Crippen molar-refractivity contribution >= 4 is 0 Å². The molecule has 0 saturated carbocycles. The van der Waals surface area contributed by atoms with Gasteiger partial charge in [0.05, 0.1) is 5.56 Å². The molecule has 118 valence electrons. The molecule has 0 heterocycles. The molecule has 0 spiro atoms. The average molecular weight is 309 g/mol. The van der Waals surface area contributed by atoms with E-state index < -0.39 is 17.8 Å². The molecule has 2 rings (SSSR count). The summed E-state index contributed by atoms with van der Waals surface area (Å²) in [5, 5.41) is 0. The van der Waals surface area contributed by atoms with Gasteiger partial charge in [0.2, 0.25) is 0 Å². The summed E-state index contributed by atoms with van der Waals surface area (Å²) in [6.45, 7) is 4.02. The first-order chi connectivity index (χ1) is 10.3. The molecule has 0 aliphatic heterocycles. The first kappa shape index (κ1) is 16.4. The number of aryl methyl sites for hydroxylation is 2. The molecule has 0 unspecified atom stereocenters. The first-order valence-electron chi connectivity index (χ1n) is 6.93. The van der Waals surface area contributed by atoms with Crippen LogP contribution in [-0.4, -0.2) is 6.54 Å². The Bertz CT molecular complexity index is 615. The summed E-state index contributed by atoms with van der Waals surface area (Å²) < 4.78 is 43.7. The van der Waals surface area contributed by atoms with Crippen LogP contribution in [0, 0.1) is 13.8 Å². The second-order valence-corrected chi connectivity index (χ2v) is 5.18. The molecule has 5 heteroatoms. The van der Waals surface area contributed by atoms with Gasteiger partial charge in [-0.25, -0.2) is 0 Å². The van der Waals surface area contributed by atoms with Gasteiger partial charge >= 0.3 is 6.18 Å². The Hall–Kier alpha value is -2.01. The van der Waals surface area contributed by atoms with E-state index in [0.29, 0.717) is 5.56 Å². The molecule has 0 amide bonds. The van der Waals surface area contributed by atoms with Crippen molar-refractivity contribution in [3.05, 3.63) is 64.7 Å². The molecule has 2 aromatic rings. The minimum absolute atomic E-state index is 0.180. The summed E-state index contributed by atoms with van der Waals surface area (Å²) in [6.07, 6.45) is -4.83. The first-order valence-corrected chi connectivity index (χ1v) is 6.93. The third kappa shape index (κ3) is 3.60. The zero-order valence-corrected chi connectivity index (χ0v) is 12.4. The van der Waals surface area contributed by atoms with Crippen molar-refractivity contribution in [2.45, 2.75) is 26.1 Å². The lowest BCUT2D eigenvalue weighted by Crippen LogP contribution is -2.19. The lowest BCUT2D eigenvalue weighted by molar-refractivity contribution is -0.137. The highest BCUT2D eigenvalue weighted by Crippen LogP contribution is 2.32. The van der Waals surface area contributed by atoms with Gasteiger partial charge in [0.1, 0.15) is 11.9 Å². The molecule has 0 radical (unpaired) electrons. The van der Waals surface area contributed by atoms with Crippen molar-refractivity contribution in [2.75, 3.05) is 6.54 Å². The van der Waals surface area contributed by atoms with Crippen LogP contribution >= 0.6 is 0 Å². The Morgan fingerprint density at radius 1 is 1.00 bits per heavy atom. The summed E-state index contributed by atoms with van der Waals surface area (Å²) in [7, 11) is 0. The number of para-hydroxylation sites is 1. The number of ether oxygens (including phenoxy) is 1. The smallest absolute Gasteiger partial charge is 0.416 e. The molecule has 2 aromatic carbocycles. The normalized spacial score (nSPS) is 13.0. The topological polar surface area (TPSA) is 35.2 Å². The van der Waals surface area contributed by atoms with E-state index in [1.165, 1.54) is 12.1 Å². The lowest BCUT2D eigenvalue weighted by Gasteiger charge is -2.21. The molecule has 22 heavy (non-hydrogen) atoms. The van der Waals surface area contributed by atoms with Crippen LogP contribution in [-0.2, 0) is 6.18 Å². The Kier molecular flexibility index (Phi) is 4.76. The van der Waals surface area contributed by atoms with E-state index in [1.54, 1.807) is 0 Å². The number of benzene rings is 2. The van der Waals surface area contributed by atoms with Crippen LogP contribution in [0.1, 0.15) is 28.4 Å². The van der Waals surface area contributed by atoms with E-state index in [2.05, 4.69) is 0 Å². The maximum Gasteiger partial charge on any atom is 0.416 e. The second-order valence-electron chi connectivity index (χ2n) is 5.18. The highest BCUT2D eigenvalue weighted by atomic mass is 19.4. The van der Waals surface area contributed by atoms with Gasteiger partial charge in [-0.3, -0.25) is 0 Å². The fourth-order valence-corrected chi connectivity index (χ4v) is 2.27. The van der Waals surface area contributed by atoms with Crippen molar-refractivity contribution in [1.29, 1.82) is 0 Å². The second kappa shape index (κ2) is 6.40. The van der Waals surface area contributed by atoms with Gasteiger partial charge in [0.25, 0.3) is 0 Å². The van der Waals surface area contributed by atoms with Crippen molar-refractivity contribution in [2.24, 2.45) is 5.73 Å². The van der Waals surface area contributed by atoms with Crippen LogP contribution in [0.25, 0.3) is 0 Å². The van der Waals surface area contributed by atoms with Crippen molar-refractivity contribution in [1.82, 2.24) is 0 Å². The van der Waals surface area contributed by atoms with E-state index in [4.69, 9.17) is 10.5 Å². The minimum Gasteiger partial charge on any atom is -0.484 e. The van der Waals surface area contributed by atoms with Gasteiger partial charge in [-0.05, 0) is 42.7 Å². The Morgan fingerprint density at radius 2 is 1.55 bits per heavy atom. The van der Waals surface area contributed by atoms with Crippen molar-refractivity contribution in [3.8, 4) is 5.75 Å². The van der Waals surface area contributed by atoms with Crippen LogP contribution < -0.4 is 10.5 Å². The molecule has 0 saturated heterocycles. The van der Waals surface area contributed by atoms with E-state index in [0.717, 1.165) is 29.0 Å².